The average molecular weight is 477 g/mol. The van der Waals surface area contributed by atoms with Crippen LogP contribution < -0.4 is 11.1 Å². The van der Waals surface area contributed by atoms with Gasteiger partial charge in [0.05, 0.1) is 17.2 Å². The van der Waals surface area contributed by atoms with Gasteiger partial charge in [-0.05, 0) is 49.9 Å². The first-order valence-corrected chi connectivity index (χ1v) is 12.0. The lowest BCUT2D eigenvalue weighted by molar-refractivity contribution is 0.0940. The van der Waals surface area contributed by atoms with Gasteiger partial charge in [0.15, 0.2) is 5.65 Å². The van der Waals surface area contributed by atoms with E-state index in [2.05, 4.69) is 22.6 Å². The van der Waals surface area contributed by atoms with Crippen LogP contribution in [0.5, 0.6) is 0 Å². The zero-order valence-corrected chi connectivity index (χ0v) is 20.3. The Hall–Kier alpha value is -4.52. The molecule has 0 spiro atoms. The fraction of sp³-hybridized carbons (Fsp3) is 0.172. The van der Waals surface area contributed by atoms with Gasteiger partial charge in [-0.3, -0.25) is 4.79 Å². The molecular formula is C29H28N6O. The van der Waals surface area contributed by atoms with E-state index in [1.807, 2.05) is 80.6 Å². The molecule has 5 aromatic rings. The summed E-state index contributed by atoms with van der Waals surface area (Å²) in [6.07, 6.45) is 3.38. The SMILES string of the molecule is Cc1cccc(/C=N/n2c(N)c(C(=O)N[C@H](C)CCc3ccccc3)c3nc4ccccc4nc32)c1. The molecule has 180 valence electrons. The van der Waals surface area contributed by atoms with Gasteiger partial charge in [0.25, 0.3) is 5.91 Å². The first-order chi connectivity index (χ1) is 17.5. The molecular weight excluding hydrogens is 448 g/mol. The van der Waals surface area contributed by atoms with Gasteiger partial charge in [-0.2, -0.15) is 9.78 Å². The molecule has 0 bridgehead atoms. The van der Waals surface area contributed by atoms with Crippen molar-refractivity contribution in [2.75, 3.05) is 5.73 Å². The summed E-state index contributed by atoms with van der Waals surface area (Å²) in [4.78, 5) is 23.0. The van der Waals surface area contributed by atoms with E-state index in [1.165, 1.54) is 10.2 Å². The lowest BCUT2D eigenvalue weighted by Gasteiger charge is -2.14. The maximum absolute atomic E-state index is 13.4. The second-order valence-electron chi connectivity index (χ2n) is 9.01. The maximum Gasteiger partial charge on any atom is 0.257 e. The molecule has 2 aromatic heterocycles. The normalized spacial score (nSPS) is 12.4. The van der Waals surface area contributed by atoms with Crippen molar-refractivity contribution in [1.29, 1.82) is 0 Å². The minimum atomic E-state index is -0.285. The highest BCUT2D eigenvalue weighted by Gasteiger charge is 2.25. The molecule has 1 atom stereocenters. The van der Waals surface area contributed by atoms with Crippen molar-refractivity contribution in [2.24, 2.45) is 5.10 Å². The Kier molecular flexibility index (Phi) is 6.45. The number of nitrogens with one attached hydrogen (secondary N) is 1. The Labute approximate surface area is 209 Å². The van der Waals surface area contributed by atoms with E-state index in [4.69, 9.17) is 15.7 Å². The summed E-state index contributed by atoms with van der Waals surface area (Å²) >= 11 is 0. The van der Waals surface area contributed by atoms with Crippen LogP contribution in [0, 0.1) is 6.92 Å². The molecule has 0 fully saturated rings. The zero-order valence-electron chi connectivity index (χ0n) is 20.3. The number of hydrogen-bond donors (Lipinski definition) is 2. The number of aromatic nitrogens is 3. The summed E-state index contributed by atoms with van der Waals surface area (Å²) in [6.45, 7) is 4.02. The van der Waals surface area contributed by atoms with Crippen molar-refractivity contribution in [3.05, 3.63) is 101 Å². The van der Waals surface area contributed by atoms with E-state index < -0.39 is 0 Å². The molecule has 36 heavy (non-hydrogen) atoms. The highest BCUT2D eigenvalue weighted by Crippen LogP contribution is 2.28. The number of nitrogens with two attached hydrogens (primary N) is 1. The number of aryl methyl sites for hydroxylation is 2. The second-order valence-corrected chi connectivity index (χ2v) is 9.01. The Balaban J connectivity index is 1.50. The number of rotatable bonds is 7. The fourth-order valence-corrected chi connectivity index (χ4v) is 4.26. The van der Waals surface area contributed by atoms with Crippen molar-refractivity contribution in [3.63, 3.8) is 0 Å². The molecule has 0 aliphatic heterocycles. The summed E-state index contributed by atoms with van der Waals surface area (Å²) in [5, 5.41) is 7.68. The highest BCUT2D eigenvalue weighted by molar-refractivity contribution is 6.10. The van der Waals surface area contributed by atoms with E-state index in [1.54, 1.807) is 6.21 Å². The van der Waals surface area contributed by atoms with Gasteiger partial charge in [-0.25, -0.2) is 9.97 Å². The van der Waals surface area contributed by atoms with Gasteiger partial charge in [-0.1, -0.05) is 72.3 Å². The van der Waals surface area contributed by atoms with E-state index in [0.717, 1.165) is 24.0 Å². The van der Waals surface area contributed by atoms with E-state index in [0.29, 0.717) is 22.2 Å². The molecule has 0 radical (unpaired) electrons. The summed E-state index contributed by atoms with van der Waals surface area (Å²) in [5.74, 6) is -0.0795. The third-order valence-corrected chi connectivity index (χ3v) is 6.15. The maximum atomic E-state index is 13.4. The van der Waals surface area contributed by atoms with Crippen LogP contribution in [-0.4, -0.2) is 32.8 Å². The van der Waals surface area contributed by atoms with Gasteiger partial charge < -0.3 is 11.1 Å². The van der Waals surface area contributed by atoms with Crippen molar-refractivity contribution in [1.82, 2.24) is 20.0 Å². The van der Waals surface area contributed by atoms with E-state index >= 15 is 0 Å². The molecule has 0 aliphatic rings. The third kappa shape index (κ3) is 4.81. The van der Waals surface area contributed by atoms with Crippen LogP contribution in [0.3, 0.4) is 0 Å². The predicted octanol–water partition coefficient (Wildman–Crippen LogP) is 5.11. The highest BCUT2D eigenvalue weighted by atomic mass is 16.1. The summed E-state index contributed by atoms with van der Waals surface area (Å²) < 4.78 is 1.50. The number of anilines is 1. The van der Waals surface area contributed by atoms with Crippen LogP contribution in [0.4, 0.5) is 5.82 Å². The molecule has 0 saturated carbocycles. The van der Waals surface area contributed by atoms with Gasteiger partial charge >= 0.3 is 0 Å². The minimum Gasteiger partial charge on any atom is -0.383 e. The molecule has 3 aromatic carbocycles. The largest absolute Gasteiger partial charge is 0.383 e. The Morgan fingerprint density at radius 3 is 2.50 bits per heavy atom. The molecule has 7 nitrogen and oxygen atoms in total. The average Bonchev–Trinajstić information content (AvgIpc) is 3.15. The summed E-state index contributed by atoms with van der Waals surface area (Å²) in [5.41, 5.74) is 12.4. The van der Waals surface area contributed by atoms with Gasteiger partial charge in [0.1, 0.15) is 16.9 Å². The summed E-state index contributed by atoms with van der Waals surface area (Å²) in [7, 11) is 0. The van der Waals surface area contributed by atoms with Crippen molar-refractivity contribution in [2.45, 2.75) is 32.7 Å². The van der Waals surface area contributed by atoms with E-state index in [9.17, 15) is 4.79 Å². The minimum absolute atomic E-state index is 0.0558. The fourth-order valence-electron chi connectivity index (χ4n) is 4.26. The summed E-state index contributed by atoms with van der Waals surface area (Å²) in [6, 6.07) is 25.7. The van der Waals surface area contributed by atoms with Crippen LogP contribution in [0.1, 0.15) is 40.4 Å². The quantitative estimate of drug-likeness (QED) is 0.319. The van der Waals surface area contributed by atoms with Crippen LogP contribution in [0.2, 0.25) is 0 Å². The monoisotopic (exact) mass is 476 g/mol. The number of nitrogens with zero attached hydrogens (tertiary/aromatic N) is 4. The van der Waals surface area contributed by atoms with Gasteiger partial charge in [0.2, 0.25) is 0 Å². The smallest absolute Gasteiger partial charge is 0.257 e. The molecule has 0 saturated heterocycles. The molecule has 1 amide bonds. The first-order valence-electron chi connectivity index (χ1n) is 12.0. The van der Waals surface area contributed by atoms with E-state index in [-0.39, 0.29) is 23.3 Å². The zero-order chi connectivity index (χ0) is 25.1. The van der Waals surface area contributed by atoms with Crippen LogP contribution in [0.15, 0.2) is 84.0 Å². The number of hydrogen-bond acceptors (Lipinski definition) is 5. The standard InChI is InChI=1S/C29H28N6O/c1-19-9-8-12-22(17-19)18-31-35-27(30)25(26-28(35)34-24-14-7-6-13-23(24)33-26)29(36)32-20(2)15-16-21-10-4-3-5-11-21/h3-14,17-18,20H,15-16,30H2,1-2H3,(H,32,36)/b31-18+/t20-/m1/s1. The number of nitrogen functional groups attached to an aromatic ring is 1. The second kappa shape index (κ2) is 10.00. The van der Waals surface area contributed by atoms with Crippen molar-refractivity contribution < 1.29 is 4.79 Å². The number of carbonyl (C=O) groups excluding carboxylic acids is 1. The Morgan fingerprint density at radius 2 is 1.75 bits per heavy atom. The first kappa shape index (κ1) is 23.2. The molecule has 3 N–H and O–H groups in total. The molecule has 2 heterocycles. The topological polar surface area (TPSA) is 98.2 Å². The number of benzene rings is 3. The number of amides is 1. The van der Waals surface area contributed by atoms with Crippen LogP contribution in [0.25, 0.3) is 22.2 Å². The van der Waals surface area contributed by atoms with Crippen LogP contribution >= 0.6 is 0 Å². The lowest BCUT2D eigenvalue weighted by Crippen LogP contribution is -2.33. The van der Waals surface area contributed by atoms with Gasteiger partial charge in [-0.15, -0.1) is 0 Å². The predicted molar refractivity (Wildman–Crippen MR) is 145 cm³/mol. The third-order valence-electron chi connectivity index (χ3n) is 6.15. The number of para-hydroxylation sites is 2. The molecule has 5 rings (SSSR count). The molecule has 0 aliphatic carbocycles. The number of fused-ring (bicyclic) bond motifs is 2. The van der Waals surface area contributed by atoms with Gasteiger partial charge in [0, 0.05) is 6.04 Å². The Morgan fingerprint density at radius 1 is 1.03 bits per heavy atom. The number of carbonyl (C=O) groups is 1. The van der Waals surface area contributed by atoms with Crippen molar-refractivity contribution >= 4 is 40.1 Å². The Bertz CT molecular complexity index is 1570. The molecule has 7 heteroatoms. The lowest BCUT2D eigenvalue weighted by atomic mass is 10.1. The molecule has 0 unspecified atom stereocenters. The van der Waals surface area contributed by atoms with Crippen LogP contribution in [-0.2, 0) is 6.42 Å². The van der Waals surface area contributed by atoms with Crippen molar-refractivity contribution in [3.8, 4) is 0 Å².